The molecule has 0 amide bonds. The maximum Gasteiger partial charge on any atom is 0.337 e. The number of aldehydes is 1. The van der Waals surface area contributed by atoms with E-state index in [1.807, 2.05) is 31.4 Å². The molecule has 4 heteroatoms. The number of carbonyl (C=O) groups is 2. The van der Waals surface area contributed by atoms with Gasteiger partial charge in [0.2, 0.25) is 0 Å². The molecule has 0 aliphatic rings. The Morgan fingerprint density at radius 1 is 1.39 bits per heavy atom. The first-order valence-electron chi connectivity index (χ1n) is 5.79. The largest absolute Gasteiger partial charge is 0.478 e. The monoisotopic (exact) mass is 245 g/mol. The standard InChI is InChI=1S/C14H15NO3/c1-8(2)15-6-10(7-16)11-4-9(3)5-12(13(11)15)14(17)18/h4-8H,1-3H3,(H,17,18). The molecule has 18 heavy (non-hydrogen) atoms. The van der Waals surface area contributed by atoms with Crippen LogP contribution in [-0.4, -0.2) is 21.9 Å². The van der Waals surface area contributed by atoms with Gasteiger partial charge in [-0.05, 0) is 38.5 Å². The summed E-state index contributed by atoms with van der Waals surface area (Å²) in [4.78, 5) is 22.4. The van der Waals surface area contributed by atoms with E-state index in [0.717, 1.165) is 11.8 Å². The van der Waals surface area contributed by atoms with Crippen LogP contribution in [-0.2, 0) is 0 Å². The van der Waals surface area contributed by atoms with Crippen molar-refractivity contribution in [2.24, 2.45) is 0 Å². The molecule has 0 unspecified atom stereocenters. The zero-order valence-electron chi connectivity index (χ0n) is 10.6. The summed E-state index contributed by atoms with van der Waals surface area (Å²) in [5.41, 5.74) is 2.23. The number of fused-ring (bicyclic) bond motifs is 1. The second-order valence-electron chi connectivity index (χ2n) is 4.72. The number of aromatic carboxylic acids is 1. The van der Waals surface area contributed by atoms with Crippen LogP contribution < -0.4 is 0 Å². The van der Waals surface area contributed by atoms with Gasteiger partial charge in [-0.3, -0.25) is 4.79 Å². The van der Waals surface area contributed by atoms with Crippen LogP contribution in [0.3, 0.4) is 0 Å². The number of benzene rings is 1. The molecule has 2 rings (SSSR count). The van der Waals surface area contributed by atoms with Gasteiger partial charge in [0, 0.05) is 23.2 Å². The molecule has 0 saturated heterocycles. The lowest BCUT2D eigenvalue weighted by Crippen LogP contribution is -2.05. The number of nitrogens with zero attached hydrogens (tertiary/aromatic N) is 1. The molecule has 1 aromatic carbocycles. The lowest BCUT2D eigenvalue weighted by atomic mass is 10.1. The van der Waals surface area contributed by atoms with Crippen LogP contribution in [0, 0.1) is 6.92 Å². The van der Waals surface area contributed by atoms with Gasteiger partial charge in [-0.15, -0.1) is 0 Å². The number of hydrogen-bond acceptors (Lipinski definition) is 2. The van der Waals surface area contributed by atoms with Gasteiger partial charge in [0.1, 0.15) is 0 Å². The Kier molecular flexibility index (Phi) is 2.95. The van der Waals surface area contributed by atoms with E-state index < -0.39 is 5.97 Å². The third-order valence-corrected chi connectivity index (χ3v) is 3.02. The first-order chi connectivity index (χ1) is 8.45. The number of carboxylic acid groups (broad SMARTS) is 1. The minimum atomic E-state index is -0.971. The van der Waals surface area contributed by atoms with Gasteiger partial charge in [0.15, 0.2) is 6.29 Å². The minimum Gasteiger partial charge on any atom is -0.478 e. The lowest BCUT2D eigenvalue weighted by Gasteiger charge is -2.11. The molecule has 0 radical (unpaired) electrons. The van der Waals surface area contributed by atoms with E-state index in [4.69, 9.17) is 0 Å². The molecular weight excluding hydrogens is 230 g/mol. The van der Waals surface area contributed by atoms with E-state index in [1.165, 1.54) is 0 Å². The average Bonchev–Trinajstić information content (AvgIpc) is 2.66. The summed E-state index contributed by atoms with van der Waals surface area (Å²) in [5, 5.41) is 10.00. The Balaban J connectivity index is 2.96. The quantitative estimate of drug-likeness (QED) is 0.845. The maximum atomic E-state index is 11.3. The van der Waals surface area contributed by atoms with Crippen LogP contribution in [0.15, 0.2) is 18.3 Å². The van der Waals surface area contributed by atoms with Gasteiger partial charge < -0.3 is 9.67 Å². The van der Waals surface area contributed by atoms with E-state index in [1.54, 1.807) is 12.3 Å². The van der Waals surface area contributed by atoms with Crippen LogP contribution in [0.25, 0.3) is 10.9 Å². The highest BCUT2D eigenvalue weighted by atomic mass is 16.4. The molecule has 0 aliphatic carbocycles. The highest BCUT2D eigenvalue weighted by Crippen LogP contribution is 2.28. The predicted molar refractivity (Wildman–Crippen MR) is 69.4 cm³/mol. The molecule has 0 bridgehead atoms. The predicted octanol–water partition coefficient (Wildman–Crippen LogP) is 3.04. The fraction of sp³-hybridized carbons (Fsp3) is 0.286. The van der Waals surface area contributed by atoms with Crippen LogP contribution in [0.5, 0.6) is 0 Å². The summed E-state index contributed by atoms with van der Waals surface area (Å²) in [6.07, 6.45) is 2.49. The molecule has 0 saturated carbocycles. The van der Waals surface area contributed by atoms with Crippen LogP contribution in [0.1, 0.15) is 46.2 Å². The Hall–Kier alpha value is -2.10. The summed E-state index contributed by atoms with van der Waals surface area (Å²) in [6, 6.07) is 3.59. The van der Waals surface area contributed by atoms with Crippen LogP contribution in [0.2, 0.25) is 0 Å². The van der Waals surface area contributed by atoms with E-state index in [0.29, 0.717) is 16.5 Å². The molecule has 0 spiro atoms. The fourth-order valence-corrected chi connectivity index (χ4v) is 2.23. The summed E-state index contributed by atoms with van der Waals surface area (Å²) >= 11 is 0. The third kappa shape index (κ3) is 1.79. The van der Waals surface area contributed by atoms with Crippen LogP contribution >= 0.6 is 0 Å². The van der Waals surface area contributed by atoms with Crippen molar-refractivity contribution in [3.05, 3.63) is 35.0 Å². The van der Waals surface area contributed by atoms with Crippen molar-refractivity contribution in [1.29, 1.82) is 0 Å². The minimum absolute atomic E-state index is 0.0991. The van der Waals surface area contributed by atoms with Gasteiger partial charge >= 0.3 is 5.97 Å². The number of aromatic nitrogens is 1. The third-order valence-electron chi connectivity index (χ3n) is 3.02. The maximum absolute atomic E-state index is 11.3. The van der Waals surface area contributed by atoms with Gasteiger partial charge in [-0.25, -0.2) is 4.79 Å². The van der Waals surface area contributed by atoms with E-state index in [9.17, 15) is 14.7 Å². The van der Waals surface area contributed by atoms with Gasteiger partial charge in [0.25, 0.3) is 0 Å². The lowest BCUT2D eigenvalue weighted by molar-refractivity contribution is 0.0698. The Morgan fingerprint density at radius 2 is 2.06 bits per heavy atom. The molecule has 0 aliphatic heterocycles. The first kappa shape index (κ1) is 12.4. The number of rotatable bonds is 3. The van der Waals surface area contributed by atoms with Crippen molar-refractivity contribution >= 4 is 23.2 Å². The van der Waals surface area contributed by atoms with Crippen molar-refractivity contribution in [1.82, 2.24) is 4.57 Å². The van der Waals surface area contributed by atoms with Gasteiger partial charge in [-0.1, -0.05) is 0 Å². The van der Waals surface area contributed by atoms with Crippen molar-refractivity contribution in [2.45, 2.75) is 26.8 Å². The summed E-state index contributed by atoms with van der Waals surface area (Å²) in [7, 11) is 0. The molecule has 4 nitrogen and oxygen atoms in total. The number of carboxylic acids is 1. The molecule has 0 fully saturated rings. The molecule has 2 aromatic rings. The number of aryl methyl sites for hydroxylation is 1. The Labute approximate surface area is 105 Å². The second kappa shape index (κ2) is 4.29. The molecule has 94 valence electrons. The van der Waals surface area contributed by atoms with E-state index >= 15 is 0 Å². The second-order valence-corrected chi connectivity index (χ2v) is 4.72. The number of carbonyl (C=O) groups excluding carboxylic acids is 1. The Morgan fingerprint density at radius 3 is 2.56 bits per heavy atom. The average molecular weight is 245 g/mol. The highest BCUT2D eigenvalue weighted by Gasteiger charge is 2.18. The van der Waals surface area contributed by atoms with Gasteiger partial charge in [0.05, 0.1) is 11.1 Å². The molecule has 1 heterocycles. The summed E-state index contributed by atoms with van der Waals surface area (Å²) < 4.78 is 1.84. The zero-order valence-corrected chi connectivity index (χ0v) is 10.6. The number of hydrogen-bond donors (Lipinski definition) is 1. The molecule has 1 N–H and O–H groups in total. The van der Waals surface area contributed by atoms with Gasteiger partial charge in [-0.2, -0.15) is 0 Å². The van der Waals surface area contributed by atoms with Crippen molar-refractivity contribution in [3.63, 3.8) is 0 Å². The van der Waals surface area contributed by atoms with E-state index in [-0.39, 0.29) is 11.6 Å². The zero-order chi connectivity index (χ0) is 13.4. The fourth-order valence-electron chi connectivity index (χ4n) is 2.23. The van der Waals surface area contributed by atoms with Crippen molar-refractivity contribution in [2.75, 3.05) is 0 Å². The highest BCUT2D eigenvalue weighted by molar-refractivity contribution is 6.07. The topological polar surface area (TPSA) is 59.3 Å². The summed E-state index contributed by atoms with van der Waals surface area (Å²) in [6.45, 7) is 5.74. The van der Waals surface area contributed by atoms with Crippen LogP contribution in [0.4, 0.5) is 0 Å². The van der Waals surface area contributed by atoms with Crippen molar-refractivity contribution < 1.29 is 14.7 Å². The van der Waals surface area contributed by atoms with E-state index in [2.05, 4.69) is 0 Å². The SMILES string of the molecule is Cc1cc(C(=O)O)c2c(c1)c(C=O)cn2C(C)C. The normalized spacial score (nSPS) is 11.1. The Bertz CT molecular complexity index is 638. The first-order valence-corrected chi connectivity index (χ1v) is 5.79. The smallest absolute Gasteiger partial charge is 0.337 e. The molecule has 0 atom stereocenters. The molecule has 1 aromatic heterocycles. The molecular formula is C14H15NO3. The summed E-state index contributed by atoms with van der Waals surface area (Å²) in [5.74, 6) is -0.971. The van der Waals surface area contributed by atoms with Crippen molar-refractivity contribution in [3.8, 4) is 0 Å².